The molecule has 0 N–H and O–H groups in total. The van der Waals surface area contributed by atoms with E-state index in [1.807, 2.05) is 24.3 Å². The second-order valence-electron chi connectivity index (χ2n) is 7.59. The Balaban J connectivity index is 1.83. The van der Waals surface area contributed by atoms with Crippen LogP contribution in [0.1, 0.15) is 30.4 Å². The second kappa shape index (κ2) is 7.49. The summed E-state index contributed by atoms with van der Waals surface area (Å²) < 4.78 is 16.1. The first-order chi connectivity index (χ1) is 13.6. The SMILES string of the molecule is COc1ccc(C2=C(c3ccc(OC)c(OC)c3)C[C@H]3CCC[N+]3([O-])C2)cc1. The molecule has 0 bridgehead atoms. The fraction of sp³-hybridized carbons (Fsp3) is 0.391. The fourth-order valence-corrected chi connectivity index (χ4v) is 4.58. The van der Waals surface area contributed by atoms with Crippen molar-refractivity contribution in [1.29, 1.82) is 0 Å². The Bertz CT molecular complexity index is 890. The van der Waals surface area contributed by atoms with Crippen LogP contribution in [0.15, 0.2) is 42.5 Å². The van der Waals surface area contributed by atoms with Crippen molar-refractivity contribution < 1.29 is 18.9 Å². The summed E-state index contributed by atoms with van der Waals surface area (Å²) in [4.78, 5) is 0. The number of hydrogen-bond donors (Lipinski definition) is 0. The summed E-state index contributed by atoms with van der Waals surface area (Å²) in [6.07, 6.45) is 2.79. The van der Waals surface area contributed by atoms with Crippen LogP contribution in [0, 0.1) is 5.21 Å². The number of hydroxylamine groups is 3. The van der Waals surface area contributed by atoms with Crippen molar-refractivity contribution in [3.63, 3.8) is 0 Å². The predicted molar refractivity (Wildman–Crippen MR) is 110 cm³/mol. The van der Waals surface area contributed by atoms with E-state index in [9.17, 15) is 5.21 Å². The molecule has 2 aromatic rings. The molecule has 5 nitrogen and oxygen atoms in total. The van der Waals surface area contributed by atoms with Gasteiger partial charge in [-0.1, -0.05) is 18.2 Å². The molecule has 2 atom stereocenters. The van der Waals surface area contributed by atoms with Crippen LogP contribution in [0.2, 0.25) is 0 Å². The standard InChI is InChI=1S/C23H27NO4/c1-26-19-9-6-16(7-10-19)21-15-24(25)12-4-5-18(24)14-20(21)17-8-11-22(27-2)23(13-17)28-3/h6-11,13,18H,4-5,12,14-15H2,1-3H3/t18-,24?/m1/s1. The minimum absolute atomic E-state index is 0.0991. The van der Waals surface area contributed by atoms with E-state index in [-0.39, 0.29) is 10.7 Å². The molecule has 2 heterocycles. The Hall–Kier alpha value is -2.50. The fourth-order valence-electron chi connectivity index (χ4n) is 4.58. The summed E-state index contributed by atoms with van der Waals surface area (Å²) in [7, 11) is 4.95. The highest BCUT2D eigenvalue weighted by molar-refractivity contribution is 5.92. The van der Waals surface area contributed by atoms with Gasteiger partial charge in [-0.3, -0.25) is 0 Å². The summed E-state index contributed by atoms with van der Waals surface area (Å²) in [6, 6.07) is 14.2. The normalized spacial score (nSPS) is 24.1. The first-order valence-electron chi connectivity index (χ1n) is 9.74. The van der Waals surface area contributed by atoms with Gasteiger partial charge in [0.1, 0.15) is 12.3 Å². The summed E-state index contributed by atoms with van der Waals surface area (Å²) in [5.41, 5.74) is 4.55. The zero-order valence-electron chi connectivity index (χ0n) is 16.7. The summed E-state index contributed by atoms with van der Waals surface area (Å²) in [6.45, 7) is 1.23. The van der Waals surface area contributed by atoms with Gasteiger partial charge in [-0.15, -0.1) is 0 Å². The molecule has 0 aromatic heterocycles. The molecular formula is C23H27NO4. The largest absolute Gasteiger partial charge is 0.632 e. The number of ether oxygens (including phenoxy) is 3. The number of nitrogens with zero attached hydrogens (tertiary/aromatic N) is 1. The molecule has 5 heteroatoms. The van der Waals surface area contributed by atoms with Crippen molar-refractivity contribution in [3.8, 4) is 17.2 Å². The Morgan fingerprint density at radius 1 is 0.857 bits per heavy atom. The van der Waals surface area contributed by atoms with Crippen molar-refractivity contribution in [2.24, 2.45) is 0 Å². The molecular weight excluding hydrogens is 354 g/mol. The van der Waals surface area contributed by atoms with E-state index in [0.29, 0.717) is 24.6 Å². The predicted octanol–water partition coefficient (Wildman–Crippen LogP) is 4.50. The lowest BCUT2D eigenvalue weighted by atomic mass is 9.85. The number of rotatable bonds is 5. The van der Waals surface area contributed by atoms with Crippen molar-refractivity contribution in [3.05, 3.63) is 58.8 Å². The quantitative estimate of drug-likeness (QED) is 0.565. The monoisotopic (exact) mass is 381 g/mol. The van der Waals surface area contributed by atoms with Gasteiger partial charge < -0.3 is 24.1 Å². The molecule has 28 heavy (non-hydrogen) atoms. The highest BCUT2D eigenvalue weighted by Crippen LogP contribution is 2.45. The first-order valence-corrected chi connectivity index (χ1v) is 9.74. The lowest BCUT2D eigenvalue weighted by Crippen LogP contribution is -2.49. The lowest BCUT2D eigenvalue weighted by Gasteiger charge is -2.48. The molecule has 2 aromatic carbocycles. The second-order valence-corrected chi connectivity index (χ2v) is 7.59. The molecule has 0 saturated carbocycles. The van der Waals surface area contributed by atoms with E-state index in [1.165, 1.54) is 5.57 Å². The summed E-state index contributed by atoms with van der Waals surface area (Å²) in [5, 5.41) is 13.4. The molecule has 1 fully saturated rings. The van der Waals surface area contributed by atoms with Crippen LogP contribution in [0.25, 0.3) is 11.1 Å². The van der Waals surface area contributed by atoms with Gasteiger partial charge in [-0.05, 0) is 41.0 Å². The average Bonchev–Trinajstić information content (AvgIpc) is 3.12. The maximum atomic E-state index is 13.4. The first kappa shape index (κ1) is 18.8. The van der Waals surface area contributed by atoms with Gasteiger partial charge in [0.2, 0.25) is 0 Å². The van der Waals surface area contributed by atoms with E-state index < -0.39 is 0 Å². The van der Waals surface area contributed by atoms with Crippen molar-refractivity contribution >= 4 is 11.1 Å². The third-order valence-corrected chi connectivity index (χ3v) is 6.14. The van der Waals surface area contributed by atoms with E-state index in [1.54, 1.807) is 21.3 Å². The van der Waals surface area contributed by atoms with Crippen LogP contribution in [-0.4, -0.2) is 45.1 Å². The lowest BCUT2D eigenvalue weighted by molar-refractivity contribution is -0.885. The molecule has 2 aliphatic heterocycles. The Morgan fingerprint density at radius 3 is 2.25 bits per heavy atom. The van der Waals surface area contributed by atoms with Crippen molar-refractivity contribution in [2.75, 3.05) is 34.4 Å². The van der Waals surface area contributed by atoms with Gasteiger partial charge in [-0.25, -0.2) is 0 Å². The number of methoxy groups -OCH3 is 3. The molecule has 1 saturated heterocycles. The van der Waals surface area contributed by atoms with Gasteiger partial charge in [0.05, 0.1) is 33.9 Å². The maximum absolute atomic E-state index is 13.4. The van der Waals surface area contributed by atoms with Crippen LogP contribution in [0.3, 0.4) is 0 Å². The van der Waals surface area contributed by atoms with Crippen LogP contribution < -0.4 is 14.2 Å². The van der Waals surface area contributed by atoms with E-state index in [0.717, 1.165) is 41.7 Å². The molecule has 0 aliphatic carbocycles. The van der Waals surface area contributed by atoms with Crippen LogP contribution in [-0.2, 0) is 0 Å². The molecule has 0 amide bonds. The number of hydrogen-bond acceptors (Lipinski definition) is 4. The Morgan fingerprint density at radius 2 is 1.57 bits per heavy atom. The van der Waals surface area contributed by atoms with Gasteiger partial charge >= 0.3 is 0 Å². The van der Waals surface area contributed by atoms with Gasteiger partial charge in [0, 0.05) is 24.8 Å². The molecule has 0 radical (unpaired) electrons. The van der Waals surface area contributed by atoms with E-state index in [4.69, 9.17) is 14.2 Å². The van der Waals surface area contributed by atoms with Crippen molar-refractivity contribution in [2.45, 2.75) is 25.3 Å². The number of quaternary nitrogens is 1. The highest BCUT2D eigenvalue weighted by atomic mass is 16.5. The molecule has 2 aliphatic rings. The molecule has 0 spiro atoms. The zero-order valence-corrected chi connectivity index (χ0v) is 16.7. The smallest absolute Gasteiger partial charge is 0.161 e. The van der Waals surface area contributed by atoms with Gasteiger partial charge in [0.15, 0.2) is 11.5 Å². The van der Waals surface area contributed by atoms with Gasteiger partial charge in [0.25, 0.3) is 0 Å². The van der Waals surface area contributed by atoms with Crippen LogP contribution in [0.4, 0.5) is 0 Å². The molecule has 1 unspecified atom stereocenters. The number of fused-ring (bicyclic) bond motifs is 1. The molecule has 4 rings (SSSR count). The van der Waals surface area contributed by atoms with Crippen LogP contribution in [0.5, 0.6) is 17.2 Å². The Kier molecular flexibility index (Phi) is 5.04. The summed E-state index contributed by atoms with van der Waals surface area (Å²) >= 11 is 0. The minimum Gasteiger partial charge on any atom is -0.632 e. The average molecular weight is 381 g/mol. The molecule has 148 valence electrons. The third-order valence-electron chi connectivity index (χ3n) is 6.14. The highest BCUT2D eigenvalue weighted by Gasteiger charge is 2.40. The van der Waals surface area contributed by atoms with E-state index in [2.05, 4.69) is 18.2 Å². The minimum atomic E-state index is -0.0991. The zero-order chi connectivity index (χ0) is 19.7. The number of benzene rings is 2. The van der Waals surface area contributed by atoms with Crippen molar-refractivity contribution in [1.82, 2.24) is 0 Å². The Labute approximate surface area is 166 Å². The topological polar surface area (TPSA) is 50.8 Å². The van der Waals surface area contributed by atoms with Crippen LogP contribution >= 0.6 is 0 Å². The maximum Gasteiger partial charge on any atom is 0.161 e. The van der Waals surface area contributed by atoms with E-state index >= 15 is 0 Å². The summed E-state index contributed by atoms with van der Waals surface area (Å²) in [5.74, 6) is 2.24. The third kappa shape index (κ3) is 3.25. The van der Waals surface area contributed by atoms with Gasteiger partial charge in [-0.2, -0.15) is 0 Å².